The smallest absolute Gasteiger partial charge is 0.313 e. The molecule has 0 aliphatic rings. The molecular weight excluding hydrogens is 304 g/mol. The SMILES string of the molecule is Cn1cc(C(=O)O/N=C/c2ccc(Cl)cc2)c(C(F)F)n1. The van der Waals surface area contributed by atoms with Gasteiger partial charge in [0.05, 0.1) is 6.21 Å². The zero-order chi connectivity index (χ0) is 15.4. The van der Waals surface area contributed by atoms with E-state index < -0.39 is 18.1 Å². The van der Waals surface area contributed by atoms with Gasteiger partial charge in [-0.2, -0.15) is 5.10 Å². The van der Waals surface area contributed by atoms with E-state index in [9.17, 15) is 13.6 Å². The van der Waals surface area contributed by atoms with Gasteiger partial charge in [-0.3, -0.25) is 4.68 Å². The Morgan fingerprint density at radius 2 is 2.10 bits per heavy atom. The molecule has 1 aromatic carbocycles. The highest BCUT2D eigenvalue weighted by molar-refractivity contribution is 6.30. The van der Waals surface area contributed by atoms with Crippen LogP contribution in [0.5, 0.6) is 0 Å². The number of aryl methyl sites for hydroxylation is 1. The van der Waals surface area contributed by atoms with Crippen molar-refractivity contribution < 1.29 is 18.4 Å². The largest absolute Gasteiger partial charge is 0.369 e. The van der Waals surface area contributed by atoms with Gasteiger partial charge in [-0.1, -0.05) is 28.9 Å². The first-order valence-electron chi connectivity index (χ1n) is 5.79. The van der Waals surface area contributed by atoms with E-state index in [1.54, 1.807) is 24.3 Å². The predicted octanol–water partition coefficient (Wildman–Crippen LogP) is 3.20. The molecule has 0 saturated heterocycles. The van der Waals surface area contributed by atoms with Crippen molar-refractivity contribution in [3.63, 3.8) is 0 Å². The Kier molecular flexibility index (Phi) is 4.64. The summed E-state index contributed by atoms with van der Waals surface area (Å²) in [5.74, 6) is -0.997. The van der Waals surface area contributed by atoms with Crippen molar-refractivity contribution in [2.75, 3.05) is 0 Å². The van der Waals surface area contributed by atoms with Crippen LogP contribution in [0.25, 0.3) is 0 Å². The van der Waals surface area contributed by atoms with Gasteiger partial charge in [0.25, 0.3) is 6.43 Å². The lowest BCUT2D eigenvalue weighted by Gasteiger charge is -1.98. The number of halogens is 3. The number of carbonyl (C=O) groups is 1. The van der Waals surface area contributed by atoms with E-state index in [1.165, 1.54) is 13.3 Å². The molecule has 1 aromatic heterocycles. The van der Waals surface area contributed by atoms with Crippen LogP contribution in [0, 0.1) is 0 Å². The van der Waals surface area contributed by atoms with Crippen LogP contribution in [0.4, 0.5) is 8.78 Å². The van der Waals surface area contributed by atoms with E-state index >= 15 is 0 Å². The number of nitrogens with zero attached hydrogens (tertiary/aromatic N) is 3. The van der Waals surface area contributed by atoms with Crippen LogP contribution in [0.2, 0.25) is 5.02 Å². The average Bonchev–Trinajstić information content (AvgIpc) is 2.83. The molecule has 0 saturated carbocycles. The number of benzene rings is 1. The summed E-state index contributed by atoms with van der Waals surface area (Å²) in [4.78, 5) is 16.3. The van der Waals surface area contributed by atoms with Crippen LogP contribution in [0.15, 0.2) is 35.6 Å². The van der Waals surface area contributed by atoms with Gasteiger partial charge < -0.3 is 4.84 Å². The Morgan fingerprint density at radius 1 is 1.43 bits per heavy atom. The average molecular weight is 314 g/mol. The fourth-order valence-corrected chi connectivity index (χ4v) is 1.68. The van der Waals surface area contributed by atoms with E-state index in [1.807, 2.05) is 0 Å². The highest BCUT2D eigenvalue weighted by Gasteiger charge is 2.23. The summed E-state index contributed by atoms with van der Waals surface area (Å²) in [6, 6.07) is 6.60. The molecule has 2 rings (SSSR count). The number of carbonyl (C=O) groups excluding carboxylic acids is 1. The molecule has 0 radical (unpaired) electrons. The Morgan fingerprint density at radius 3 is 2.71 bits per heavy atom. The van der Waals surface area contributed by atoms with Gasteiger partial charge in [0.15, 0.2) is 0 Å². The Labute approximate surface area is 123 Å². The molecule has 0 aliphatic heterocycles. The zero-order valence-corrected chi connectivity index (χ0v) is 11.6. The third-order valence-corrected chi connectivity index (χ3v) is 2.74. The summed E-state index contributed by atoms with van der Waals surface area (Å²) < 4.78 is 26.5. The van der Waals surface area contributed by atoms with Gasteiger partial charge in [0, 0.05) is 18.3 Å². The highest BCUT2D eigenvalue weighted by Crippen LogP contribution is 2.21. The lowest BCUT2D eigenvalue weighted by atomic mass is 10.2. The first-order chi connectivity index (χ1) is 9.97. The van der Waals surface area contributed by atoms with Gasteiger partial charge in [0.2, 0.25) is 0 Å². The molecule has 8 heteroatoms. The van der Waals surface area contributed by atoms with Crippen LogP contribution in [0.1, 0.15) is 28.0 Å². The normalized spacial score (nSPS) is 11.3. The Balaban J connectivity index is 2.06. The maximum absolute atomic E-state index is 12.7. The molecule has 21 heavy (non-hydrogen) atoms. The predicted molar refractivity (Wildman–Crippen MR) is 72.6 cm³/mol. The number of alkyl halides is 2. The summed E-state index contributed by atoms with van der Waals surface area (Å²) in [6.45, 7) is 0. The van der Waals surface area contributed by atoms with E-state index in [0.29, 0.717) is 10.6 Å². The van der Waals surface area contributed by atoms with Gasteiger partial charge in [-0.25, -0.2) is 13.6 Å². The summed E-state index contributed by atoms with van der Waals surface area (Å²) in [6.07, 6.45) is -0.442. The van der Waals surface area contributed by atoms with Crippen LogP contribution < -0.4 is 0 Å². The van der Waals surface area contributed by atoms with Gasteiger partial charge in [0.1, 0.15) is 11.3 Å². The molecule has 1 heterocycles. The maximum Gasteiger partial charge on any atom is 0.369 e. The van der Waals surface area contributed by atoms with E-state index in [-0.39, 0.29) is 5.56 Å². The van der Waals surface area contributed by atoms with Crippen molar-refractivity contribution in [2.24, 2.45) is 12.2 Å². The second kappa shape index (κ2) is 6.45. The summed E-state index contributed by atoms with van der Waals surface area (Å²) in [5.41, 5.74) is -0.308. The fraction of sp³-hybridized carbons (Fsp3) is 0.154. The summed E-state index contributed by atoms with van der Waals surface area (Å²) >= 11 is 5.72. The van der Waals surface area contributed by atoms with E-state index in [0.717, 1.165) is 10.9 Å². The molecule has 0 amide bonds. The fourth-order valence-electron chi connectivity index (χ4n) is 1.56. The molecule has 0 aliphatic carbocycles. The molecule has 0 fully saturated rings. The lowest BCUT2D eigenvalue weighted by molar-refractivity contribution is 0.0508. The number of oxime groups is 1. The maximum atomic E-state index is 12.7. The quantitative estimate of drug-likeness (QED) is 0.495. The Bertz CT molecular complexity index is 669. The second-order valence-corrected chi connectivity index (χ2v) is 4.50. The lowest BCUT2D eigenvalue weighted by Crippen LogP contribution is -2.04. The zero-order valence-electron chi connectivity index (χ0n) is 10.8. The molecule has 2 aromatic rings. The number of rotatable bonds is 4. The highest BCUT2D eigenvalue weighted by atomic mass is 35.5. The van der Waals surface area contributed by atoms with Crippen LogP contribution in [-0.2, 0) is 11.9 Å². The molecular formula is C13H10ClF2N3O2. The van der Waals surface area contributed by atoms with Crippen molar-refractivity contribution in [2.45, 2.75) is 6.43 Å². The summed E-state index contributed by atoms with van der Waals surface area (Å²) in [7, 11) is 1.43. The minimum atomic E-state index is -2.87. The minimum absolute atomic E-state index is 0.319. The minimum Gasteiger partial charge on any atom is -0.313 e. The van der Waals surface area contributed by atoms with E-state index in [2.05, 4.69) is 15.1 Å². The van der Waals surface area contributed by atoms with Crippen molar-refractivity contribution >= 4 is 23.8 Å². The van der Waals surface area contributed by atoms with Crippen LogP contribution >= 0.6 is 11.6 Å². The first kappa shape index (κ1) is 15.1. The molecule has 110 valence electrons. The number of hydrogen-bond donors (Lipinski definition) is 0. The van der Waals surface area contributed by atoms with Crippen molar-refractivity contribution in [3.8, 4) is 0 Å². The van der Waals surface area contributed by atoms with Crippen molar-refractivity contribution in [3.05, 3.63) is 52.3 Å². The number of hydrogen-bond acceptors (Lipinski definition) is 4. The molecule has 5 nitrogen and oxygen atoms in total. The van der Waals surface area contributed by atoms with Crippen LogP contribution in [0.3, 0.4) is 0 Å². The van der Waals surface area contributed by atoms with Gasteiger partial charge >= 0.3 is 5.97 Å². The van der Waals surface area contributed by atoms with Crippen LogP contribution in [-0.4, -0.2) is 22.0 Å². The third kappa shape index (κ3) is 3.85. The van der Waals surface area contributed by atoms with E-state index in [4.69, 9.17) is 11.6 Å². The molecule has 0 spiro atoms. The monoisotopic (exact) mass is 313 g/mol. The Hall–Kier alpha value is -2.28. The van der Waals surface area contributed by atoms with Crippen molar-refractivity contribution in [1.82, 2.24) is 9.78 Å². The molecule has 0 unspecified atom stereocenters. The topological polar surface area (TPSA) is 56.5 Å². The summed E-state index contributed by atoms with van der Waals surface area (Å²) in [5, 5.41) is 7.52. The second-order valence-electron chi connectivity index (χ2n) is 4.07. The molecule has 0 bridgehead atoms. The molecule has 0 atom stereocenters. The standard InChI is InChI=1S/C13H10ClF2N3O2/c1-19-7-10(11(18-19)12(15)16)13(20)21-17-6-8-2-4-9(14)5-3-8/h2-7,12H,1H3/b17-6+. The first-order valence-corrected chi connectivity index (χ1v) is 6.17. The van der Waals surface area contributed by atoms with Gasteiger partial charge in [-0.05, 0) is 17.7 Å². The number of aromatic nitrogens is 2. The van der Waals surface area contributed by atoms with Gasteiger partial charge in [-0.15, -0.1) is 0 Å². The third-order valence-electron chi connectivity index (χ3n) is 2.49. The van der Waals surface area contributed by atoms with Crippen molar-refractivity contribution in [1.29, 1.82) is 0 Å². The molecule has 0 N–H and O–H groups in total.